The van der Waals surface area contributed by atoms with E-state index in [-0.39, 0.29) is 0 Å². The summed E-state index contributed by atoms with van der Waals surface area (Å²) in [5, 5.41) is 16.9. The second-order valence-corrected chi connectivity index (χ2v) is 25.0. The summed E-state index contributed by atoms with van der Waals surface area (Å²) >= 11 is 0. The first-order valence-corrected chi connectivity index (χ1v) is 32.0. The molecular formula is C84H64N2O2. The van der Waals surface area contributed by atoms with Crippen LogP contribution >= 0.6 is 0 Å². The van der Waals surface area contributed by atoms with Crippen LogP contribution in [0.2, 0.25) is 0 Å². The van der Waals surface area contributed by atoms with Crippen molar-refractivity contribution >= 4 is 132 Å². The van der Waals surface area contributed by atoms with Gasteiger partial charge in [0.2, 0.25) is 0 Å². The van der Waals surface area contributed by atoms with Crippen molar-refractivity contribution in [2.45, 2.75) is 76.0 Å². The maximum Gasteiger partial charge on any atom is 0.159 e. The second-order valence-electron chi connectivity index (χ2n) is 25.0. The molecule has 88 heavy (non-hydrogen) atoms. The van der Waals surface area contributed by atoms with Crippen molar-refractivity contribution in [2.24, 2.45) is 0 Å². The first kappa shape index (κ1) is 51.1. The first-order valence-electron chi connectivity index (χ1n) is 32.0. The molecule has 14 aromatic carbocycles. The number of anilines is 6. The molecule has 0 unspecified atom stereocenters. The van der Waals surface area contributed by atoms with Gasteiger partial charge in [-0.15, -0.1) is 0 Å². The van der Waals surface area contributed by atoms with Gasteiger partial charge in [0.25, 0.3) is 0 Å². The fourth-order valence-electron chi connectivity index (χ4n) is 16.1. The summed E-state index contributed by atoms with van der Waals surface area (Å²) in [6, 6.07) is 94.9. The number of benzene rings is 14. The molecule has 2 heterocycles. The molecule has 0 radical (unpaired) electrons. The van der Waals surface area contributed by atoms with Crippen LogP contribution in [0.4, 0.5) is 34.1 Å². The van der Waals surface area contributed by atoms with Gasteiger partial charge in [0.05, 0.1) is 34.1 Å². The van der Waals surface area contributed by atoms with Crippen LogP contribution in [0, 0.1) is 0 Å². The summed E-state index contributed by atoms with van der Waals surface area (Å²) in [5.74, 6) is 0.909. The molecule has 18 rings (SSSR count). The largest absolute Gasteiger partial charge is 0.454 e. The highest BCUT2D eigenvalue weighted by Gasteiger charge is 2.31. The summed E-state index contributed by atoms with van der Waals surface area (Å²) in [7, 11) is 0. The third-order valence-corrected chi connectivity index (χ3v) is 20.1. The van der Waals surface area contributed by atoms with Crippen molar-refractivity contribution in [2.75, 3.05) is 9.80 Å². The monoisotopic (exact) mass is 1130 g/mol. The summed E-state index contributed by atoms with van der Waals surface area (Å²) < 4.78 is 15.2. The molecule has 422 valence electrons. The SMILES string of the molecule is c1ccc(-c2ccccc2N(c2ccc3ccc4c(N(c5ccccc5-c5ccccc5)c5cccc6c5oc5c(C7CCCCC7)cc7ccccc7c56)ccc5ccc2c3c54)c2cccc3c2oc2c(C4CCCCC4)cc4ccccc4c23)cc1. The molecule has 0 spiro atoms. The van der Waals surface area contributed by atoms with Gasteiger partial charge in [0.1, 0.15) is 11.2 Å². The predicted octanol–water partition coefficient (Wildman–Crippen LogP) is 25.1. The van der Waals surface area contributed by atoms with Crippen LogP contribution in [-0.2, 0) is 0 Å². The third-order valence-electron chi connectivity index (χ3n) is 20.1. The maximum atomic E-state index is 7.59. The predicted molar refractivity (Wildman–Crippen MR) is 372 cm³/mol. The fourth-order valence-corrected chi connectivity index (χ4v) is 16.1. The number of furan rings is 2. The average molecular weight is 1130 g/mol. The minimum absolute atomic E-state index is 0.455. The molecule has 0 aliphatic heterocycles. The van der Waals surface area contributed by atoms with Crippen molar-refractivity contribution in [3.8, 4) is 22.3 Å². The Balaban J connectivity index is 0.904. The molecular weight excluding hydrogens is 1070 g/mol. The van der Waals surface area contributed by atoms with E-state index >= 15 is 0 Å². The smallest absolute Gasteiger partial charge is 0.159 e. The van der Waals surface area contributed by atoms with Gasteiger partial charge in [-0.1, -0.05) is 245 Å². The van der Waals surface area contributed by atoms with Crippen molar-refractivity contribution in [3.05, 3.63) is 266 Å². The molecule has 0 bridgehead atoms. The lowest BCUT2D eigenvalue weighted by Gasteiger charge is -2.31. The quantitative estimate of drug-likeness (QED) is 0.128. The van der Waals surface area contributed by atoms with E-state index < -0.39 is 0 Å². The Bertz CT molecular complexity index is 5040. The van der Waals surface area contributed by atoms with Crippen molar-refractivity contribution in [1.29, 1.82) is 0 Å². The van der Waals surface area contributed by atoms with Crippen LogP contribution in [0.5, 0.6) is 0 Å². The number of fused-ring (bicyclic) bond motifs is 10. The van der Waals surface area contributed by atoms with Crippen LogP contribution in [-0.4, -0.2) is 0 Å². The molecule has 16 aromatic rings. The van der Waals surface area contributed by atoms with Gasteiger partial charge in [-0.2, -0.15) is 0 Å². The van der Waals surface area contributed by atoms with Gasteiger partial charge in [0, 0.05) is 43.4 Å². The Hall–Kier alpha value is -10.2. The molecule has 4 heteroatoms. The number of hydrogen-bond acceptors (Lipinski definition) is 4. The lowest BCUT2D eigenvalue weighted by molar-refractivity contribution is 0.442. The molecule has 2 fully saturated rings. The molecule has 2 aromatic heterocycles. The highest BCUT2D eigenvalue weighted by Crippen LogP contribution is 2.55. The Morgan fingerprint density at radius 2 is 0.625 bits per heavy atom. The standard InChI is InChI=1S/C84H64N2O2/c1-5-23-53(24-6-1)61-33-17-19-39-71(61)85(75-41-21-37-67-79-63-35-15-13-31-59(63)51-69(83(79)87-81(67)75)55-27-9-3-10-28-55)73-49-45-57-44-48-66-74(50-46-58-43-47-65(73)77(57)78(58)66)86(72-40-20-18-34-62(72)54-25-7-2-8-26-54)76-42-22-38-68-80-64-36-16-14-32-60(64)52-70(84(80)88-82(68)76)56-29-11-4-12-30-56/h1-2,5-8,13-26,31-52,55-56H,3-4,9-12,27-30H2. The van der Waals surface area contributed by atoms with Crippen molar-refractivity contribution < 1.29 is 8.83 Å². The van der Waals surface area contributed by atoms with Crippen molar-refractivity contribution in [1.82, 2.24) is 0 Å². The molecule has 2 aliphatic rings. The van der Waals surface area contributed by atoms with Crippen LogP contribution in [0.25, 0.3) is 120 Å². The van der Waals surface area contributed by atoms with Crippen LogP contribution < -0.4 is 9.80 Å². The highest BCUT2D eigenvalue weighted by atomic mass is 16.3. The third kappa shape index (κ3) is 8.04. The maximum absolute atomic E-state index is 7.59. The summed E-state index contributed by atoms with van der Waals surface area (Å²) in [5.41, 5.74) is 17.5. The lowest BCUT2D eigenvalue weighted by Crippen LogP contribution is -2.13. The van der Waals surface area contributed by atoms with E-state index in [2.05, 4.69) is 265 Å². The molecule has 0 atom stereocenters. The molecule has 4 nitrogen and oxygen atoms in total. The van der Waals surface area contributed by atoms with E-state index in [4.69, 9.17) is 8.83 Å². The Labute approximate surface area is 511 Å². The Morgan fingerprint density at radius 1 is 0.250 bits per heavy atom. The zero-order valence-corrected chi connectivity index (χ0v) is 49.2. The van der Waals surface area contributed by atoms with E-state index in [0.717, 1.165) is 100 Å². The van der Waals surface area contributed by atoms with E-state index in [9.17, 15) is 0 Å². The Kier molecular flexibility index (Phi) is 12.1. The molecule has 2 saturated carbocycles. The summed E-state index contributed by atoms with van der Waals surface area (Å²) in [4.78, 5) is 5.02. The fraction of sp³-hybridized carbons (Fsp3) is 0.143. The summed E-state index contributed by atoms with van der Waals surface area (Å²) in [6.45, 7) is 0. The molecule has 0 N–H and O–H groups in total. The van der Waals surface area contributed by atoms with Crippen LogP contribution in [0.1, 0.15) is 87.2 Å². The molecule has 2 aliphatic carbocycles. The number of para-hydroxylation sites is 4. The minimum atomic E-state index is 0.455. The van der Waals surface area contributed by atoms with Gasteiger partial charge in [-0.25, -0.2) is 0 Å². The lowest BCUT2D eigenvalue weighted by atomic mass is 9.82. The van der Waals surface area contributed by atoms with Crippen LogP contribution in [0.15, 0.2) is 264 Å². The molecule has 0 saturated heterocycles. The number of rotatable bonds is 10. The van der Waals surface area contributed by atoms with Gasteiger partial charge >= 0.3 is 0 Å². The van der Waals surface area contributed by atoms with E-state index in [1.165, 1.54) is 129 Å². The van der Waals surface area contributed by atoms with Gasteiger partial charge in [-0.3, -0.25) is 0 Å². The second kappa shape index (κ2) is 20.8. The van der Waals surface area contributed by atoms with Gasteiger partial charge in [0.15, 0.2) is 11.2 Å². The van der Waals surface area contributed by atoms with Crippen molar-refractivity contribution in [3.63, 3.8) is 0 Å². The molecule has 0 amide bonds. The van der Waals surface area contributed by atoms with Gasteiger partial charge in [-0.05, 0) is 151 Å². The normalized spacial score (nSPS) is 14.5. The Morgan fingerprint density at radius 3 is 1.08 bits per heavy atom. The zero-order valence-electron chi connectivity index (χ0n) is 49.2. The van der Waals surface area contributed by atoms with Gasteiger partial charge < -0.3 is 18.6 Å². The summed E-state index contributed by atoms with van der Waals surface area (Å²) in [6.07, 6.45) is 12.3. The van der Waals surface area contributed by atoms with E-state index in [0.29, 0.717) is 11.8 Å². The minimum Gasteiger partial charge on any atom is -0.454 e. The van der Waals surface area contributed by atoms with E-state index in [1.807, 2.05) is 0 Å². The number of nitrogens with zero attached hydrogens (tertiary/aromatic N) is 2. The van der Waals surface area contributed by atoms with Crippen LogP contribution in [0.3, 0.4) is 0 Å². The van der Waals surface area contributed by atoms with E-state index in [1.54, 1.807) is 0 Å². The number of hydrogen-bond donors (Lipinski definition) is 0. The first-order chi connectivity index (χ1) is 43.7. The topological polar surface area (TPSA) is 32.8 Å². The zero-order chi connectivity index (χ0) is 57.8. The average Bonchev–Trinajstić information content (AvgIpc) is 1.31. The highest BCUT2D eigenvalue weighted by molar-refractivity contribution is 6.30.